The molecule has 0 radical (unpaired) electrons. The van der Waals surface area contributed by atoms with Gasteiger partial charge in [0.25, 0.3) is 0 Å². The van der Waals surface area contributed by atoms with Crippen molar-refractivity contribution in [1.29, 1.82) is 0 Å². The Labute approximate surface area is 127 Å². The van der Waals surface area contributed by atoms with E-state index in [2.05, 4.69) is 0 Å². The van der Waals surface area contributed by atoms with Crippen LogP contribution in [0.4, 0.5) is 0 Å². The van der Waals surface area contributed by atoms with Crippen molar-refractivity contribution in [3.63, 3.8) is 0 Å². The first-order valence-corrected chi connectivity index (χ1v) is 9.59. The van der Waals surface area contributed by atoms with Gasteiger partial charge in [-0.15, -0.1) is 0 Å². The molecule has 0 amide bonds. The van der Waals surface area contributed by atoms with Gasteiger partial charge in [-0.25, -0.2) is 0 Å². The Morgan fingerprint density at radius 3 is 0.842 bits per heavy atom. The van der Waals surface area contributed by atoms with Gasteiger partial charge in [0.2, 0.25) is 0 Å². The second kappa shape index (κ2) is 13.3. The average Bonchev–Trinajstić information content (AvgIpc) is 2.41. The van der Waals surface area contributed by atoms with E-state index in [1.807, 2.05) is 0 Å². The Hall–Kier alpha value is 0.350. The average molecular weight is 285 g/mol. The van der Waals surface area contributed by atoms with Crippen LogP contribution in [0.5, 0.6) is 0 Å². The molecule has 1 saturated carbocycles. The second-order valence-electron chi connectivity index (χ2n) is 6.53. The van der Waals surface area contributed by atoms with Crippen LogP contribution in [0.25, 0.3) is 0 Å². The normalized spacial score (nSPS) is 24.5. The lowest BCUT2D eigenvalue weighted by molar-refractivity contribution is 0.508. The number of thiol groups is 1. The van der Waals surface area contributed by atoms with E-state index in [4.69, 9.17) is 12.6 Å². The molecule has 0 spiro atoms. The molecule has 114 valence electrons. The molecule has 1 aliphatic carbocycles. The van der Waals surface area contributed by atoms with Gasteiger partial charge < -0.3 is 0 Å². The molecule has 0 aliphatic heterocycles. The molecule has 0 saturated heterocycles. The van der Waals surface area contributed by atoms with Crippen molar-refractivity contribution in [2.75, 3.05) is 0 Å². The van der Waals surface area contributed by atoms with Crippen molar-refractivity contribution in [3.05, 3.63) is 0 Å². The van der Waals surface area contributed by atoms with Crippen LogP contribution in [0.3, 0.4) is 0 Å². The summed E-state index contributed by atoms with van der Waals surface area (Å²) in [6, 6.07) is 0. The molecule has 0 aromatic heterocycles. The predicted molar refractivity (Wildman–Crippen MR) is 91.3 cm³/mol. The summed E-state index contributed by atoms with van der Waals surface area (Å²) in [5.74, 6) is 0. The van der Waals surface area contributed by atoms with E-state index in [1.165, 1.54) is 109 Å². The Morgan fingerprint density at radius 2 is 0.579 bits per heavy atom. The molecular formula is C18H36S. The fraction of sp³-hybridized carbons (Fsp3) is 1.00. The molecule has 19 heavy (non-hydrogen) atoms. The summed E-state index contributed by atoms with van der Waals surface area (Å²) < 4.78 is 0. The summed E-state index contributed by atoms with van der Waals surface area (Å²) in [5.41, 5.74) is 0. The first-order chi connectivity index (χ1) is 9.39. The van der Waals surface area contributed by atoms with E-state index in [0.29, 0.717) is 5.25 Å². The Balaban J connectivity index is 2.08. The molecule has 0 N–H and O–H groups in total. The van der Waals surface area contributed by atoms with E-state index in [1.54, 1.807) is 0 Å². The van der Waals surface area contributed by atoms with Crippen molar-refractivity contribution in [2.24, 2.45) is 0 Å². The minimum absolute atomic E-state index is 0.680. The van der Waals surface area contributed by atoms with E-state index in [0.717, 1.165) is 0 Å². The van der Waals surface area contributed by atoms with Crippen molar-refractivity contribution in [1.82, 2.24) is 0 Å². The molecule has 1 rings (SSSR count). The van der Waals surface area contributed by atoms with Crippen LogP contribution >= 0.6 is 12.6 Å². The lowest BCUT2D eigenvalue weighted by Crippen LogP contribution is -1.98. The van der Waals surface area contributed by atoms with Gasteiger partial charge in [0.1, 0.15) is 0 Å². The van der Waals surface area contributed by atoms with Crippen LogP contribution in [-0.4, -0.2) is 5.25 Å². The highest BCUT2D eigenvalue weighted by Gasteiger charge is 2.03. The van der Waals surface area contributed by atoms with Gasteiger partial charge in [-0.05, 0) is 12.8 Å². The standard InChI is InChI=1S/C18H36S/c19-18-16-14-12-10-8-6-4-2-1-3-5-7-9-11-13-15-17-18/h18-19H,1-17H2. The predicted octanol–water partition coefficient (Wildman–Crippen LogP) is 6.93. The number of rotatable bonds is 0. The van der Waals surface area contributed by atoms with Crippen LogP contribution in [0.2, 0.25) is 0 Å². The smallest absolute Gasteiger partial charge is 0.00168 e. The SMILES string of the molecule is SC1CCCCCCCCCCCCCCCCC1. The summed E-state index contributed by atoms with van der Waals surface area (Å²) in [6.45, 7) is 0. The molecule has 0 unspecified atom stereocenters. The fourth-order valence-corrected chi connectivity index (χ4v) is 3.57. The quantitative estimate of drug-likeness (QED) is 0.458. The largest absolute Gasteiger partial charge is 0.176 e. The molecule has 0 heterocycles. The maximum atomic E-state index is 4.74. The third-order valence-electron chi connectivity index (χ3n) is 4.57. The number of hydrogen-bond acceptors (Lipinski definition) is 1. The Kier molecular flexibility index (Phi) is 12.2. The lowest BCUT2D eigenvalue weighted by atomic mass is 10.0. The number of hydrogen-bond donors (Lipinski definition) is 1. The highest BCUT2D eigenvalue weighted by Crippen LogP contribution is 2.19. The van der Waals surface area contributed by atoms with Gasteiger partial charge in [-0.2, -0.15) is 12.6 Å². The van der Waals surface area contributed by atoms with Crippen LogP contribution < -0.4 is 0 Å². The summed E-state index contributed by atoms with van der Waals surface area (Å²) in [4.78, 5) is 0. The topological polar surface area (TPSA) is 0 Å². The zero-order valence-electron chi connectivity index (χ0n) is 13.0. The molecule has 0 atom stereocenters. The van der Waals surface area contributed by atoms with Gasteiger partial charge in [-0.1, -0.05) is 96.3 Å². The first kappa shape index (κ1) is 17.4. The van der Waals surface area contributed by atoms with Gasteiger partial charge in [0.05, 0.1) is 0 Å². The van der Waals surface area contributed by atoms with Crippen molar-refractivity contribution in [2.45, 2.75) is 114 Å². The third kappa shape index (κ3) is 11.8. The van der Waals surface area contributed by atoms with E-state index >= 15 is 0 Å². The molecule has 0 aromatic carbocycles. The van der Waals surface area contributed by atoms with Crippen LogP contribution in [0, 0.1) is 0 Å². The Bertz CT molecular complexity index is 161. The van der Waals surface area contributed by atoms with Gasteiger partial charge in [0.15, 0.2) is 0 Å². The molecule has 0 bridgehead atoms. The molecule has 0 nitrogen and oxygen atoms in total. The van der Waals surface area contributed by atoms with Crippen LogP contribution in [0.15, 0.2) is 0 Å². The third-order valence-corrected chi connectivity index (χ3v) is 5.09. The highest BCUT2D eigenvalue weighted by molar-refractivity contribution is 7.80. The zero-order valence-corrected chi connectivity index (χ0v) is 13.9. The molecule has 1 heteroatoms. The first-order valence-electron chi connectivity index (χ1n) is 9.07. The highest BCUT2D eigenvalue weighted by atomic mass is 32.1. The molecule has 1 aliphatic rings. The minimum atomic E-state index is 0.680. The Morgan fingerprint density at radius 1 is 0.368 bits per heavy atom. The summed E-state index contributed by atoms with van der Waals surface area (Å²) >= 11 is 4.74. The summed E-state index contributed by atoms with van der Waals surface area (Å²) in [7, 11) is 0. The van der Waals surface area contributed by atoms with E-state index in [-0.39, 0.29) is 0 Å². The van der Waals surface area contributed by atoms with Gasteiger partial charge in [0, 0.05) is 5.25 Å². The van der Waals surface area contributed by atoms with Crippen molar-refractivity contribution in [3.8, 4) is 0 Å². The maximum Gasteiger partial charge on any atom is 0.00168 e. The zero-order chi connectivity index (χ0) is 13.6. The minimum Gasteiger partial charge on any atom is -0.176 e. The van der Waals surface area contributed by atoms with E-state index in [9.17, 15) is 0 Å². The molecular weight excluding hydrogens is 248 g/mol. The monoisotopic (exact) mass is 284 g/mol. The van der Waals surface area contributed by atoms with Gasteiger partial charge in [-0.3, -0.25) is 0 Å². The van der Waals surface area contributed by atoms with E-state index < -0.39 is 0 Å². The fourth-order valence-electron chi connectivity index (χ4n) is 3.20. The molecule has 0 aromatic rings. The maximum absolute atomic E-state index is 4.74. The second-order valence-corrected chi connectivity index (χ2v) is 7.26. The molecule has 1 fully saturated rings. The van der Waals surface area contributed by atoms with Crippen molar-refractivity contribution < 1.29 is 0 Å². The van der Waals surface area contributed by atoms with Crippen molar-refractivity contribution >= 4 is 12.6 Å². The van der Waals surface area contributed by atoms with Crippen LogP contribution in [-0.2, 0) is 0 Å². The lowest BCUT2D eigenvalue weighted by Gasteiger charge is -2.10. The van der Waals surface area contributed by atoms with Crippen LogP contribution in [0.1, 0.15) is 109 Å². The summed E-state index contributed by atoms with van der Waals surface area (Å²) in [5, 5.41) is 0.680. The van der Waals surface area contributed by atoms with Gasteiger partial charge >= 0.3 is 0 Å². The summed E-state index contributed by atoms with van der Waals surface area (Å²) in [6.07, 6.45) is 24.6.